The lowest BCUT2D eigenvalue weighted by Crippen LogP contribution is -2.31. The highest BCUT2D eigenvalue weighted by molar-refractivity contribution is 8.76. The Morgan fingerprint density at radius 3 is 1.62 bits per heavy atom. The molecule has 2 N–H and O–H groups in total. The Kier molecular flexibility index (Phi) is 8.48. The van der Waals surface area contributed by atoms with Crippen molar-refractivity contribution in [3.8, 4) is 0 Å². The number of hydrogen-bond donors (Lipinski definition) is 2. The molecule has 206 valence electrons. The van der Waals surface area contributed by atoms with E-state index in [0.29, 0.717) is 24.2 Å². The molecule has 2 fully saturated rings. The number of hydrogen-bond acceptors (Lipinski definition) is 8. The lowest BCUT2D eigenvalue weighted by molar-refractivity contribution is 0.0855. The smallest absolute Gasteiger partial charge is 0.252 e. The quantitative estimate of drug-likeness (QED) is 0.256. The maximum atomic E-state index is 13.0. The Morgan fingerprint density at radius 1 is 0.725 bits per heavy atom. The number of carbonyl (C=O) groups is 2. The lowest BCUT2D eigenvalue weighted by atomic mass is 10.1. The zero-order valence-corrected chi connectivity index (χ0v) is 23.6. The fraction of sp³-hybridized carbons (Fsp3) is 0.333. The summed E-state index contributed by atoms with van der Waals surface area (Å²) >= 11 is 0. The molecule has 2 aliphatic rings. The van der Waals surface area contributed by atoms with Gasteiger partial charge in [0.25, 0.3) is 11.8 Å². The molecule has 40 heavy (non-hydrogen) atoms. The first kappa shape index (κ1) is 27.0. The summed E-state index contributed by atoms with van der Waals surface area (Å²) in [5.74, 6) is -0.248. The van der Waals surface area contributed by atoms with Crippen molar-refractivity contribution in [2.24, 2.45) is 0 Å². The summed E-state index contributed by atoms with van der Waals surface area (Å²) < 4.78 is 11.3. The van der Waals surface area contributed by atoms with Crippen LogP contribution >= 0.6 is 21.6 Å². The molecule has 0 saturated carbocycles. The topological polar surface area (TPSA) is 102 Å². The Labute approximate surface area is 240 Å². The van der Waals surface area contributed by atoms with Gasteiger partial charge in [0.05, 0.1) is 23.2 Å². The van der Waals surface area contributed by atoms with Crippen LogP contribution in [0, 0.1) is 0 Å². The van der Waals surface area contributed by atoms with Gasteiger partial charge in [-0.2, -0.15) is 0 Å². The molecule has 0 aliphatic carbocycles. The molecule has 4 aromatic rings. The highest BCUT2D eigenvalue weighted by Gasteiger charge is 2.21. The van der Waals surface area contributed by atoms with Crippen LogP contribution in [0.15, 0.2) is 70.7 Å². The number of carbonyl (C=O) groups excluding carboxylic acids is 2. The number of fused-ring (bicyclic) bond motifs is 2. The third-order valence-corrected chi connectivity index (χ3v) is 9.63. The van der Waals surface area contributed by atoms with E-state index in [4.69, 9.17) is 9.47 Å². The van der Waals surface area contributed by atoms with Crippen molar-refractivity contribution in [2.45, 2.75) is 47.7 Å². The van der Waals surface area contributed by atoms with Crippen molar-refractivity contribution in [1.29, 1.82) is 0 Å². The van der Waals surface area contributed by atoms with E-state index < -0.39 is 0 Å². The molecule has 2 aliphatic heterocycles. The summed E-state index contributed by atoms with van der Waals surface area (Å²) in [6.45, 7) is 2.53. The molecule has 2 aromatic carbocycles. The summed E-state index contributed by atoms with van der Waals surface area (Å²) in [6.07, 6.45) is 7.67. The minimum Gasteiger partial charge on any atom is -0.376 e. The van der Waals surface area contributed by atoms with E-state index >= 15 is 0 Å². The van der Waals surface area contributed by atoms with Gasteiger partial charge in [0.2, 0.25) is 0 Å². The first-order valence-corrected chi connectivity index (χ1v) is 15.7. The Bertz CT molecular complexity index is 1420. The normalized spacial score (nSPS) is 18.8. The highest BCUT2D eigenvalue weighted by atomic mass is 33.1. The van der Waals surface area contributed by atoms with Crippen LogP contribution in [0.1, 0.15) is 46.4 Å². The largest absolute Gasteiger partial charge is 0.376 e. The number of amides is 2. The van der Waals surface area contributed by atoms with Gasteiger partial charge in [-0.3, -0.25) is 19.6 Å². The molecule has 4 heterocycles. The van der Waals surface area contributed by atoms with E-state index in [2.05, 4.69) is 20.6 Å². The summed E-state index contributed by atoms with van der Waals surface area (Å²) in [4.78, 5) is 37.1. The first-order valence-electron chi connectivity index (χ1n) is 13.6. The van der Waals surface area contributed by atoms with Gasteiger partial charge >= 0.3 is 0 Å². The Hall–Kier alpha value is -3.18. The average Bonchev–Trinajstić information content (AvgIpc) is 3.72. The fourth-order valence-electron chi connectivity index (χ4n) is 5.13. The minimum atomic E-state index is -0.124. The maximum absolute atomic E-state index is 13.0. The van der Waals surface area contributed by atoms with E-state index in [9.17, 15) is 9.59 Å². The Morgan fingerprint density at radius 2 is 1.20 bits per heavy atom. The second kappa shape index (κ2) is 12.6. The summed E-state index contributed by atoms with van der Waals surface area (Å²) in [5.41, 5.74) is 2.74. The van der Waals surface area contributed by atoms with Gasteiger partial charge in [-0.15, -0.1) is 0 Å². The molecule has 0 bridgehead atoms. The zero-order valence-electron chi connectivity index (χ0n) is 21.9. The van der Waals surface area contributed by atoms with Gasteiger partial charge < -0.3 is 20.1 Å². The molecule has 2 aromatic heterocycles. The molecule has 0 spiro atoms. The highest BCUT2D eigenvalue weighted by Crippen LogP contribution is 2.43. The molecule has 10 heteroatoms. The number of nitrogens with one attached hydrogen (secondary N) is 2. The van der Waals surface area contributed by atoms with Crippen LogP contribution in [0.4, 0.5) is 0 Å². The third-order valence-electron chi connectivity index (χ3n) is 7.20. The van der Waals surface area contributed by atoms with Crippen molar-refractivity contribution in [3.63, 3.8) is 0 Å². The molecular weight excluding hydrogens is 544 g/mol. The molecule has 0 unspecified atom stereocenters. The molecule has 0 radical (unpaired) electrons. The van der Waals surface area contributed by atoms with Crippen LogP contribution in [0.3, 0.4) is 0 Å². The van der Waals surface area contributed by atoms with Crippen molar-refractivity contribution in [3.05, 3.63) is 72.1 Å². The average molecular weight is 575 g/mol. The molecule has 8 nitrogen and oxygen atoms in total. The predicted octanol–water partition coefficient (Wildman–Crippen LogP) is 5.40. The second-order valence-corrected chi connectivity index (χ2v) is 12.1. The van der Waals surface area contributed by atoms with Crippen LogP contribution in [-0.4, -0.2) is 60.3 Å². The summed E-state index contributed by atoms with van der Waals surface area (Å²) in [5, 5.41) is 7.65. The SMILES string of the molecule is O=C(NC[C@H]1CCCO1)c1ccc(SSc2ccc(C(=O)NC[C@H]3CCCO3)c3cccnc23)c2ncccc12. The van der Waals surface area contributed by atoms with Crippen LogP contribution < -0.4 is 10.6 Å². The van der Waals surface area contributed by atoms with E-state index in [1.165, 1.54) is 0 Å². The second-order valence-electron chi connectivity index (χ2n) is 9.88. The molecule has 2 atom stereocenters. The molecule has 6 rings (SSSR count). The minimum absolute atomic E-state index is 0.0850. The first-order chi connectivity index (χ1) is 19.7. The predicted molar refractivity (Wildman–Crippen MR) is 158 cm³/mol. The standard InChI is InChI=1S/C30H30N4O4S2/c35-29(33-17-19-5-3-15-37-19)23-9-11-25(27-21(23)7-1-13-31-27)39-40-26-12-10-24(22-8-2-14-32-28(22)26)30(36)34-18-20-6-4-16-38-20/h1-2,7-14,19-20H,3-6,15-18H2,(H,33,35)(H,34,36)/t19-,20-/m1/s1. The van der Waals surface area contributed by atoms with E-state index in [-0.39, 0.29) is 24.0 Å². The number of benzene rings is 2. The van der Waals surface area contributed by atoms with Crippen LogP contribution in [0.5, 0.6) is 0 Å². The number of aromatic nitrogens is 2. The number of rotatable bonds is 9. The monoisotopic (exact) mass is 574 g/mol. The summed E-state index contributed by atoms with van der Waals surface area (Å²) in [7, 11) is 3.12. The van der Waals surface area contributed by atoms with Gasteiger partial charge in [-0.05, 0) is 62.1 Å². The number of pyridine rings is 2. The third kappa shape index (κ3) is 5.95. The van der Waals surface area contributed by atoms with Crippen molar-refractivity contribution in [2.75, 3.05) is 26.3 Å². The van der Waals surface area contributed by atoms with Gasteiger partial charge in [0, 0.05) is 70.4 Å². The maximum Gasteiger partial charge on any atom is 0.252 e. The zero-order chi connectivity index (χ0) is 27.3. The molecular formula is C30H30N4O4S2. The summed E-state index contributed by atoms with van der Waals surface area (Å²) in [6, 6.07) is 15.2. The van der Waals surface area contributed by atoms with Crippen molar-refractivity contribution in [1.82, 2.24) is 20.6 Å². The van der Waals surface area contributed by atoms with Crippen molar-refractivity contribution >= 4 is 55.2 Å². The van der Waals surface area contributed by atoms with Gasteiger partial charge in [-0.25, -0.2) is 0 Å². The van der Waals surface area contributed by atoms with Crippen LogP contribution in [0.25, 0.3) is 21.8 Å². The van der Waals surface area contributed by atoms with Crippen LogP contribution in [-0.2, 0) is 9.47 Å². The van der Waals surface area contributed by atoms with Crippen molar-refractivity contribution < 1.29 is 19.1 Å². The fourth-order valence-corrected chi connectivity index (χ4v) is 7.38. The van der Waals surface area contributed by atoms with Crippen LogP contribution in [0.2, 0.25) is 0 Å². The number of ether oxygens (including phenoxy) is 2. The van der Waals surface area contributed by atoms with E-state index in [1.54, 1.807) is 34.0 Å². The molecule has 2 saturated heterocycles. The van der Waals surface area contributed by atoms with E-state index in [1.807, 2.05) is 48.5 Å². The molecule has 2 amide bonds. The Balaban J connectivity index is 1.19. The van der Waals surface area contributed by atoms with E-state index in [0.717, 1.165) is 70.5 Å². The lowest BCUT2D eigenvalue weighted by Gasteiger charge is -2.14. The van der Waals surface area contributed by atoms with Gasteiger partial charge in [0.1, 0.15) is 0 Å². The van der Waals surface area contributed by atoms with Gasteiger partial charge in [0.15, 0.2) is 0 Å². The van der Waals surface area contributed by atoms with Gasteiger partial charge in [-0.1, -0.05) is 33.7 Å². The number of nitrogens with zero attached hydrogens (tertiary/aromatic N) is 2.